The Bertz CT molecular complexity index is 1060. The van der Waals surface area contributed by atoms with Crippen molar-refractivity contribution in [3.05, 3.63) is 0 Å². The Morgan fingerprint density at radius 1 is 0.643 bits per heavy atom. The van der Waals surface area contributed by atoms with Crippen LogP contribution in [0, 0.1) is 21.7 Å². The molecule has 0 aromatic rings. The lowest BCUT2D eigenvalue weighted by Crippen LogP contribution is -2.70. The van der Waals surface area contributed by atoms with Gasteiger partial charge in [-0.3, -0.25) is 19.2 Å². The van der Waals surface area contributed by atoms with Crippen LogP contribution in [-0.4, -0.2) is 59.1 Å². The first kappa shape index (κ1) is 31.5. The van der Waals surface area contributed by atoms with E-state index in [1.54, 1.807) is 0 Å². The van der Waals surface area contributed by atoms with Crippen molar-refractivity contribution in [2.45, 2.75) is 155 Å². The number of ether oxygens (including phenoxy) is 2. The Morgan fingerprint density at radius 3 is 1.33 bits per heavy atom. The molecule has 10 nitrogen and oxygen atoms in total. The number of carbonyl (C=O) groups excluding carboxylic acids is 4. The Kier molecular flexibility index (Phi) is 7.77. The van der Waals surface area contributed by atoms with Gasteiger partial charge in [0.05, 0.1) is 0 Å². The molecule has 2 spiro atoms. The molecule has 0 radical (unpaired) electrons. The molecule has 0 aromatic carbocycles. The molecule has 6 aliphatic rings. The number of rotatable bonds is 2. The van der Waals surface area contributed by atoms with Crippen LogP contribution in [0.1, 0.15) is 120 Å². The van der Waals surface area contributed by atoms with E-state index in [0.29, 0.717) is 25.7 Å². The van der Waals surface area contributed by atoms with Crippen LogP contribution in [0.4, 0.5) is 0 Å². The highest BCUT2D eigenvalue weighted by atomic mass is 17.2. The Hall–Kier alpha value is -1.88. The normalized spacial score (nSPS) is 44.9. The number of fused-ring (bicyclic) bond motifs is 2. The zero-order valence-corrected chi connectivity index (χ0v) is 26.5. The first-order chi connectivity index (χ1) is 19.4. The fourth-order valence-corrected chi connectivity index (χ4v) is 9.49. The lowest BCUT2D eigenvalue weighted by Gasteiger charge is -2.64. The van der Waals surface area contributed by atoms with Crippen LogP contribution in [0.5, 0.6) is 0 Å². The van der Waals surface area contributed by atoms with Crippen molar-refractivity contribution < 1.29 is 48.2 Å². The highest BCUT2D eigenvalue weighted by molar-refractivity contribution is 5.90. The van der Waals surface area contributed by atoms with Crippen molar-refractivity contribution in [1.82, 2.24) is 0 Å². The Balaban J connectivity index is 0.000000168. The van der Waals surface area contributed by atoms with Crippen LogP contribution in [-0.2, 0) is 48.2 Å². The minimum atomic E-state index is -0.882. The number of hydrogen-bond acceptors (Lipinski definition) is 10. The second-order valence-electron chi connectivity index (χ2n) is 15.1. The van der Waals surface area contributed by atoms with Crippen LogP contribution >= 0.6 is 0 Å². The van der Waals surface area contributed by atoms with Crippen molar-refractivity contribution in [2.24, 2.45) is 21.7 Å². The van der Waals surface area contributed by atoms with Crippen LogP contribution in [0.25, 0.3) is 0 Å². The van der Waals surface area contributed by atoms with Gasteiger partial charge in [0, 0.05) is 37.5 Å². The van der Waals surface area contributed by atoms with Gasteiger partial charge in [-0.1, -0.05) is 27.7 Å². The Morgan fingerprint density at radius 2 is 1.00 bits per heavy atom. The molecular weight excluding hydrogens is 544 g/mol. The molecule has 8 atom stereocenters. The summed E-state index contributed by atoms with van der Waals surface area (Å²) in [5.41, 5.74) is -2.25. The monoisotopic (exact) mass is 592 g/mol. The molecular formula is C32H48O10. The molecule has 4 bridgehead atoms. The fraction of sp³-hybridized carbons (Fsp3) is 0.875. The number of ketones is 2. The van der Waals surface area contributed by atoms with Crippen LogP contribution in [0.2, 0.25) is 0 Å². The summed E-state index contributed by atoms with van der Waals surface area (Å²) >= 11 is 0. The molecule has 0 amide bonds. The number of carbonyl (C=O) groups is 4. The van der Waals surface area contributed by atoms with Crippen LogP contribution in [0.3, 0.4) is 0 Å². The predicted octanol–water partition coefficient (Wildman–Crippen LogP) is 5.13. The first-order valence-corrected chi connectivity index (χ1v) is 15.5. The van der Waals surface area contributed by atoms with E-state index in [1.165, 1.54) is 13.8 Å². The maximum Gasteiger partial charge on any atom is 0.302 e. The average Bonchev–Trinajstić information content (AvgIpc) is 2.91. The molecule has 2 heterocycles. The zero-order valence-electron chi connectivity index (χ0n) is 26.5. The molecule has 6 rings (SSSR count). The third-order valence-corrected chi connectivity index (χ3v) is 12.4. The summed E-state index contributed by atoms with van der Waals surface area (Å²) in [6.45, 7) is 15.4. The predicted molar refractivity (Wildman–Crippen MR) is 148 cm³/mol. The molecule has 6 fully saturated rings. The van der Waals surface area contributed by atoms with Gasteiger partial charge < -0.3 is 9.47 Å². The van der Waals surface area contributed by atoms with E-state index in [0.717, 1.165) is 38.5 Å². The van der Waals surface area contributed by atoms with Crippen LogP contribution < -0.4 is 0 Å². The highest BCUT2D eigenvalue weighted by Crippen LogP contribution is 2.66. The first-order valence-electron chi connectivity index (χ1n) is 15.5. The minimum absolute atomic E-state index is 0.00111. The third kappa shape index (κ3) is 4.49. The van der Waals surface area contributed by atoms with Gasteiger partial charge in [0.25, 0.3) is 0 Å². The SMILES string of the molecule is CC(=O)O[C@@H]1CC[C@@]23C[C@@H]1OO[C@]2(C)C(=O)CCC3(C)C.CC(=O)O[C@@H]1CC[C@@]23C[C@@H]1OO[C@]2(C)C(=O)CCC3(C)C. The smallest absolute Gasteiger partial charge is 0.302 e. The molecule has 2 aliphatic heterocycles. The van der Waals surface area contributed by atoms with Gasteiger partial charge in [0.2, 0.25) is 0 Å². The second kappa shape index (κ2) is 10.3. The summed E-state index contributed by atoms with van der Waals surface area (Å²) < 4.78 is 10.7. The summed E-state index contributed by atoms with van der Waals surface area (Å²) in [6, 6.07) is 0. The Labute approximate surface area is 248 Å². The van der Waals surface area contributed by atoms with Gasteiger partial charge in [-0.2, -0.15) is 0 Å². The van der Waals surface area contributed by atoms with Crippen molar-refractivity contribution in [3.8, 4) is 0 Å². The van der Waals surface area contributed by atoms with Crippen molar-refractivity contribution in [2.75, 3.05) is 0 Å². The van der Waals surface area contributed by atoms with Gasteiger partial charge in [-0.15, -0.1) is 0 Å². The van der Waals surface area contributed by atoms with E-state index < -0.39 is 11.2 Å². The molecule has 0 aromatic heterocycles. The number of esters is 2. The molecule has 4 saturated carbocycles. The lowest BCUT2D eigenvalue weighted by molar-refractivity contribution is -0.456. The van der Waals surface area contributed by atoms with Gasteiger partial charge in [-0.05, 0) is 76.0 Å². The van der Waals surface area contributed by atoms with Gasteiger partial charge in [0.1, 0.15) is 24.4 Å². The number of Topliss-reactive ketones (excluding diaryl/α,β-unsaturated/α-hetero) is 2. The van der Waals surface area contributed by atoms with E-state index in [2.05, 4.69) is 27.7 Å². The van der Waals surface area contributed by atoms with Crippen molar-refractivity contribution in [3.63, 3.8) is 0 Å². The third-order valence-electron chi connectivity index (χ3n) is 12.4. The summed E-state index contributed by atoms with van der Waals surface area (Å²) in [4.78, 5) is 69.7. The maximum atomic E-state index is 12.5. The van der Waals surface area contributed by atoms with E-state index in [-0.39, 0.29) is 69.6 Å². The molecule has 0 unspecified atom stereocenters. The fourth-order valence-electron chi connectivity index (χ4n) is 9.49. The van der Waals surface area contributed by atoms with Crippen molar-refractivity contribution in [1.29, 1.82) is 0 Å². The molecule has 4 aliphatic carbocycles. The van der Waals surface area contributed by atoms with Crippen molar-refractivity contribution >= 4 is 23.5 Å². The largest absolute Gasteiger partial charge is 0.460 e. The molecule has 236 valence electrons. The second-order valence-corrected chi connectivity index (χ2v) is 15.1. The van der Waals surface area contributed by atoms with Crippen LogP contribution in [0.15, 0.2) is 0 Å². The van der Waals surface area contributed by atoms with E-state index >= 15 is 0 Å². The molecule has 2 saturated heterocycles. The highest BCUT2D eigenvalue weighted by Gasteiger charge is 2.70. The topological polar surface area (TPSA) is 124 Å². The lowest BCUT2D eigenvalue weighted by atomic mass is 9.45. The van der Waals surface area contributed by atoms with E-state index in [4.69, 9.17) is 29.0 Å². The van der Waals surface area contributed by atoms with E-state index in [1.807, 2.05) is 13.8 Å². The summed E-state index contributed by atoms with van der Waals surface area (Å²) in [6.07, 6.45) is 6.21. The summed E-state index contributed by atoms with van der Waals surface area (Å²) in [5.74, 6) is -0.337. The molecule has 0 N–H and O–H groups in total. The summed E-state index contributed by atoms with van der Waals surface area (Å²) in [5, 5.41) is 0. The minimum Gasteiger partial charge on any atom is -0.460 e. The standard InChI is InChI=1S/2C16H24O5/c2*1-10(17)19-11-5-8-16-9-12(11)20-21-15(16,4)13(18)6-7-14(16,2)3/h2*11-12H,5-9H2,1-4H3/t2*11-,12+,15-,16+/m11/s1. The van der Waals surface area contributed by atoms with Gasteiger partial charge in [-0.25, -0.2) is 19.6 Å². The maximum absolute atomic E-state index is 12.5. The van der Waals surface area contributed by atoms with Gasteiger partial charge >= 0.3 is 11.9 Å². The van der Waals surface area contributed by atoms with Gasteiger partial charge in [0.15, 0.2) is 22.8 Å². The average molecular weight is 593 g/mol. The zero-order chi connectivity index (χ0) is 30.9. The molecule has 42 heavy (non-hydrogen) atoms. The summed E-state index contributed by atoms with van der Waals surface area (Å²) in [7, 11) is 0. The quantitative estimate of drug-likeness (QED) is 0.315. The molecule has 10 heteroatoms. The van der Waals surface area contributed by atoms with E-state index in [9.17, 15) is 19.2 Å². The number of hydrogen-bond donors (Lipinski definition) is 0.